The first-order valence-electron chi connectivity index (χ1n) is 11.6. The summed E-state index contributed by atoms with van der Waals surface area (Å²) in [5.41, 5.74) is 9.47. The topological polar surface area (TPSA) is 234 Å². The average molecular weight is 547 g/mol. The Balaban J connectivity index is 3.84. The van der Waals surface area contributed by atoms with Gasteiger partial charge in [0.25, 0.3) is 0 Å². The van der Waals surface area contributed by atoms with Crippen LogP contribution in [0.3, 0.4) is 0 Å². The molecule has 1 heterocycles. The number of aliphatic hydroxyl groups is 2. The van der Waals surface area contributed by atoms with Gasteiger partial charge in [0.05, 0.1) is 12.6 Å². The number of aliphatic hydroxyl groups excluding tert-OH is 2. The molecule has 1 aliphatic heterocycles. The van der Waals surface area contributed by atoms with Crippen molar-refractivity contribution in [2.24, 2.45) is 22.4 Å². The first-order chi connectivity index (χ1) is 17.3. The summed E-state index contributed by atoms with van der Waals surface area (Å²) in [5.74, 6) is -5.13. The Labute approximate surface area is 220 Å². The second kappa shape index (κ2) is 12.9. The maximum atomic E-state index is 13.3. The van der Waals surface area contributed by atoms with E-state index in [0.29, 0.717) is 4.90 Å². The van der Waals surface area contributed by atoms with Crippen LogP contribution in [0.25, 0.3) is 0 Å². The standard InChI is InChI=1S/C23H38N4O11/c1-22(2,3)37-20(33)26-19(25)27(21(34)38-23(4,5)6)12-9-14(18(31)32)36-16(11(12)8-15(24)30)17(35-7)13(29)10-28/h9,11-13,16-17,28-29H,8,10H2,1-7H3,(H2,24,30)(H,31,32)(H2,25,26,33)/t11-,12-,13-,16-,17?/m1/s1. The van der Waals surface area contributed by atoms with Crippen LogP contribution in [0.4, 0.5) is 9.59 Å². The molecule has 0 aromatic carbocycles. The Kier molecular flexibility index (Phi) is 11.1. The van der Waals surface area contributed by atoms with E-state index in [-0.39, 0.29) is 0 Å². The van der Waals surface area contributed by atoms with Gasteiger partial charge in [0.2, 0.25) is 17.6 Å². The fourth-order valence-corrected chi connectivity index (χ4v) is 3.64. The van der Waals surface area contributed by atoms with Gasteiger partial charge in [-0.1, -0.05) is 0 Å². The first-order valence-corrected chi connectivity index (χ1v) is 11.6. The second-order valence-corrected chi connectivity index (χ2v) is 10.5. The van der Waals surface area contributed by atoms with Crippen molar-refractivity contribution in [3.8, 4) is 0 Å². The number of nitrogens with zero attached hydrogens (tertiary/aromatic N) is 2. The molecule has 0 saturated carbocycles. The van der Waals surface area contributed by atoms with Crippen LogP contribution in [0.15, 0.2) is 16.8 Å². The van der Waals surface area contributed by atoms with Gasteiger partial charge in [-0.3, -0.25) is 4.79 Å². The third-order valence-corrected chi connectivity index (χ3v) is 4.99. The molecule has 15 heteroatoms. The summed E-state index contributed by atoms with van der Waals surface area (Å²) in [5, 5.41) is 29.5. The van der Waals surface area contributed by atoms with Gasteiger partial charge in [0.1, 0.15) is 29.5 Å². The minimum absolute atomic E-state index is 0.532. The van der Waals surface area contributed by atoms with Crippen LogP contribution >= 0.6 is 0 Å². The minimum atomic E-state index is -1.59. The summed E-state index contributed by atoms with van der Waals surface area (Å²) in [6.45, 7) is 8.57. The number of ether oxygens (including phenoxy) is 4. The van der Waals surface area contributed by atoms with Crippen molar-refractivity contribution >= 4 is 30.0 Å². The molecular weight excluding hydrogens is 508 g/mol. The number of primary amides is 1. The van der Waals surface area contributed by atoms with Gasteiger partial charge in [-0.15, -0.1) is 4.99 Å². The lowest BCUT2D eigenvalue weighted by Crippen LogP contribution is -2.60. The number of aliphatic carboxylic acids is 1. The number of carboxylic acids is 1. The fourth-order valence-electron chi connectivity index (χ4n) is 3.64. The zero-order chi connectivity index (χ0) is 29.6. The van der Waals surface area contributed by atoms with E-state index in [0.717, 1.165) is 13.2 Å². The molecule has 38 heavy (non-hydrogen) atoms. The van der Waals surface area contributed by atoms with E-state index in [2.05, 4.69) is 4.99 Å². The van der Waals surface area contributed by atoms with E-state index in [1.165, 1.54) is 0 Å². The van der Waals surface area contributed by atoms with Gasteiger partial charge >= 0.3 is 18.2 Å². The van der Waals surface area contributed by atoms with Gasteiger partial charge in [-0.05, 0) is 47.6 Å². The van der Waals surface area contributed by atoms with Crippen LogP contribution in [0.1, 0.15) is 48.0 Å². The number of carbonyl (C=O) groups excluding carboxylic acids is 3. The Hall–Kier alpha value is -3.43. The molecule has 5 atom stereocenters. The van der Waals surface area contributed by atoms with E-state index < -0.39 is 90.3 Å². The molecule has 7 N–H and O–H groups in total. The number of hydrogen-bond acceptors (Lipinski definition) is 10. The predicted molar refractivity (Wildman–Crippen MR) is 132 cm³/mol. The Bertz CT molecular complexity index is 952. The highest BCUT2D eigenvalue weighted by Crippen LogP contribution is 2.34. The highest BCUT2D eigenvalue weighted by atomic mass is 16.6. The number of aliphatic imine (C=N–C) groups is 1. The molecule has 216 valence electrons. The van der Waals surface area contributed by atoms with E-state index in [9.17, 15) is 34.5 Å². The Morgan fingerprint density at radius 3 is 2.08 bits per heavy atom. The molecule has 0 saturated heterocycles. The smallest absolute Gasteiger partial charge is 0.437 e. The molecule has 0 aromatic heterocycles. The van der Waals surface area contributed by atoms with Gasteiger partial charge < -0.3 is 45.7 Å². The van der Waals surface area contributed by atoms with Crippen LogP contribution in [-0.2, 0) is 28.5 Å². The number of amides is 3. The normalized spacial score (nSPS) is 21.9. The van der Waals surface area contributed by atoms with Crippen molar-refractivity contribution < 1.29 is 53.4 Å². The van der Waals surface area contributed by atoms with Crippen LogP contribution in [0, 0.1) is 5.92 Å². The molecule has 1 unspecified atom stereocenters. The average Bonchev–Trinajstić information content (AvgIpc) is 2.72. The predicted octanol–water partition coefficient (Wildman–Crippen LogP) is 0.0690. The van der Waals surface area contributed by atoms with Gasteiger partial charge in [0.15, 0.2) is 0 Å². The lowest BCUT2D eigenvalue weighted by Gasteiger charge is -2.43. The molecule has 0 aliphatic carbocycles. The lowest BCUT2D eigenvalue weighted by atomic mass is 9.82. The molecule has 1 aliphatic rings. The maximum Gasteiger partial charge on any atom is 0.437 e. The monoisotopic (exact) mass is 546 g/mol. The number of rotatable bonds is 8. The second-order valence-electron chi connectivity index (χ2n) is 10.5. The van der Waals surface area contributed by atoms with Crippen molar-refractivity contribution in [1.29, 1.82) is 0 Å². The Morgan fingerprint density at radius 1 is 1.11 bits per heavy atom. The maximum absolute atomic E-state index is 13.3. The molecule has 0 bridgehead atoms. The van der Waals surface area contributed by atoms with Crippen molar-refractivity contribution in [3.63, 3.8) is 0 Å². The van der Waals surface area contributed by atoms with Gasteiger partial charge in [-0.25, -0.2) is 19.3 Å². The molecule has 0 fully saturated rings. The zero-order valence-corrected chi connectivity index (χ0v) is 22.5. The summed E-state index contributed by atoms with van der Waals surface area (Å²) in [6, 6.07) is -1.46. The quantitative estimate of drug-likeness (QED) is 0.201. The van der Waals surface area contributed by atoms with E-state index in [1.54, 1.807) is 41.5 Å². The van der Waals surface area contributed by atoms with Crippen LogP contribution in [0.5, 0.6) is 0 Å². The van der Waals surface area contributed by atoms with E-state index >= 15 is 0 Å². The molecule has 15 nitrogen and oxygen atoms in total. The number of carboxylic acid groups (broad SMARTS) is 1. The van der Waals surface area contributed by atoms with E-state index in [1.807, 2.05) is 0 Å². The summed E-state index contributed by atoms with van der Waals surface area (Å²) >= 11 is 0. The number of methoxy groups -OCH3 is 1. The fraction of sp³-hybridized carbons (Fsp3) is 0.696. The van der Waals surface area contributed by atoms with E-state index in [4.69, 9.17) is 30.4 Å². The third kappa shape index (κ3) is 9.46. The molecule has 1 rings (SSSR count). The Morgan fingerprint density at radius 2 is 1.66 bits per heavy atom. The van der Waals surface area contributed by atoms with Crippen molar-refractivity contribution in [3.05, 3.63) is 11.8 Å². The highest BCUT2D eigenvalue weighted by Gasteiger charge is 2.48. The molecular formula is C23H38N4O11. The summed E-state index contributed by atoms with van der Waals surface area (Å²) in [6.07, 6.45) is -6.31. The summed E-state index contributed by atoms with van der Waals surface area (Å²) in [7, 11) is 1.16. The minimum Gasteiger partial charge on any atom is -0.480 e. The van der Waals surface area contributed by atoms with Gasteiger partial charge in [0, 0.05) is 19.4 Å². The van der Waals surface area contributed by atoms with Crippen molar-refractivity contribution in [1.82, 2.24) is 4.90 Å². The van der Waals surface area contributed by atoms with Gasteiger partial charge in [-0.2, -0.15) is 0 Å². The number of guanidine groups is 1. The summed E-state index contributed by atoms with van der Waals surface area (Å²) < 4.78 is 21.3. The van der Waals surface area contributed by atoms with Crippen LogP contribution < -0.4 is 11.5 Å². The molecule has 3 amide bonds. The van der Waals surface area contributed by atoms with Crippen LogP contribution in [-0.4, -0.2) is 99.5 Å². The highest BCUT2D eigenvalue weighted by molar-refractivity contribution is 5.99. The third-order valence-electron chi connectivity index (χ3n) is 4.99. The number of hydrogen-bond donors (Lipinski definition) is 5. The summed E-state index contributed by atoms with van der Waals surface area (Å²) in [4.78, 5) is 54.0. The van der Waals surface area contributed by atoms with Crippen LogP contribution in [0.2, 0.25) is 0 Å². The first kappa shape index (κ1) is 32.6. The van der Waals surface area contributed by atoms with Crippen molar-refractivity contribution in [2.75, 3.05) is 13.7 Å². The van der Waals surface area contributed by atoms with Crippen molar-refractivity contribution in [2.45, 2.75) is 83.5 Å². The lowest BCUT2D eigenvalue weighted by molar-refractivity contribution is -0.155. The number of carbonyl (C=O) groups is 4. The largest absolute Gasteiger partial charge is 0.480 e. The zero-order valence-electron chi connectivity index (χ0n) is 22.5. The molecule has 0 spiro atoms. The number of nitrogens with two attached hydrogens (primary N) is 2. The molecule has 0 radical (unpaired) electrons. The SMILES string of the molecule is COC([C@H](O)CO)[C@@H]1OC(C(=O)O)=C[C@@H](N(C(=O)OC(C)(C)C)C(N)=NC(=O)OC(C)(C)C)[C@H]1CC(N)=O. The molecule has 0 aromatic rings.